The van der Waals surface area contributed by atoms with Crippen molar-refractivity contribution >= 4 is 17.3 Å². The standard InChI is InChI=1S/C13H14F2N2O4/c14-13(15)5-3-8(4-6-13)12(19)16-10-2-1-9(17(20)21)7-11(10)18/h1-2,7-8,18H,3-6H2,(H,16,19). The van der Waals surface area contributed by atoms with E-state index in [0.717, 1.165) is 12.1 Å². The Morgan fingerprint density at radius 3 is 2.52 bits per heavy atom. The van der Waals surface area contributed by atoms with Crippen molar-refractivity contribution in [3.63, 3.8) is 0 Å². The Morgan fingerprint density at radius 2 is 2.00 bits per heavy atom. The minimum Gasteiger partial charge on any atom is -0.506 e. The van der Waals surface area contributed by atoms with Crippen molar-refractivity contribution in [3.8, 4) is 5.75 Å². The zero-order valence-electron chi connectivity index (χ0n) is 11.0. The number of non-ortho nitro benzene ring substituents is 1. The van der Waals surface area contributed by atoms with Gasteiger partial charge < -0.3 is 10.4 Å². The number of phenols is 1. The highest BCUT2D eigenvalue weighted by atomic mass is 19.3. The molecule has 6 nitrogen and oxygen atoms in total. The van der Waals surface area contributed by atoms with Gasteiger partial charge in [-0.15, -0.1) is 0 Å². The highest BCUT2D eigenvalue weighted by Gasteiger charge is 2.37. The third-order valence-electron chi connectivity index (χ3n) is 3.54. The number of carbonyl (C=O) groups is 1. The first-order valence-electron chi connectivity index (χ1n) is 6.44. The molecule has 0 aromatic heterocycles. The lowest BCUT2D eigenvalue weighted by Crippen LogP contribution is -2.31. The van der Waals surface area contributed by atoms with E-state index < -0.39 is 28.4 Å². The number of phenolic OH excluding ortho intramolecular Hbond substituents is 1. The molecule has 114 valence electrons. The van der Waals surface area contributed by atoms with Crippen LogP contribution < -0.4 is 5.32 Å². The number of benzene rings is 1. The van der Waals surface area contributed by atoms with E-state index in [1.165, 1.54) is 6.07 Å². The van der Waals surface area contributed by atoms with Crippen LogP contribution in [0.25, 0.3) is 0 Å². The molecule has 0 spiro atoms. The molecule has 0 heterocycles. The third-order valence-corrected chi connectivity index (χ3v) is 3.54. The first kappa shape index (κ1) is 15.1. The van der Waals surface area contributed by atoms with E-state index in [1.54, 1.807) is 0 Å². The second-order valence-electron chi connectivity index (χ2n) is 5.08. The average molecular weight is 300 g/mol. The summed E-state index contributed by atoms with van der Waals surface area (Å²) in [6.07, 6.45) is -0.520. The van der Waals surface area contributed by atoms with E-state index in [0.29, 0.717) is 0 Å². The fraction of sp³-hybridized carbons (Fsp3) is 0.462. The summed E-state index contributed by atoms with van der Waals surface area (Å²) in [6.45, 7) is 0. The van der Waals surface area contributed by atoms with Crippen molar-refractivity contribution in [2.75, 3.05) is 5.32 Å². The average Bonchev–Trinajstić information content (AvgIpc) is 2.40. The molecule has 0 unspecified atom stereocenters. The van der Waals surface area contributed by atoms with Gasteiger partial charge in [0.15, 0.2) is 0 Å². The van der Waals surface area contributed by atoms with Gasteiger partial charge >= 0.3 is 0 Å². The molecule has 0 radical (unpaired) electrons. The number of hydrogen-bond acceptors (Lipinski definition) is 4. The fourth-order valence-corrected chi connectivity index (χ4v) is 2.28. The molecule has 21 heavy (non-hydrogen) atoms. The first-order chi connectivity index (χ1) is 9.78. The molecule has 1 aromatic rings. The SMILES string of the molecule is O=C(Nc1ccc([N+](=O)[O-])cc1O)C1CCC(F)(F)CC1. The predicted octanol–water partition coefficient (Wildman–Crippen LogP) is 3.06. The molecule has 2 N–H and O–H groups in total. The number of halogens is 2. The molecule has 1 saturated carbocycles. The lowest BCUT2D eigenvalue weighted by molar-refractivity contribution is -0.384. The van der Waals surface area contributed by atoms with Crippen molar-refractivity contribution in [2.24, 2.45) is 5.92 Å². The van der Waals surface area contributed by atoms with Crippen LogP contribution in [-0.2, 0) is 4.79 Å². The van der Waals surface area contributed by atoms with E-state index in [2.05, 4.69) is 5.32 Å². The molecule has 1 amide bonds. The maximum Gasteiger partial charge on any atom is 0.273 e. The molecule has 1 aliphatic carbocycles. The van der Waals surface area contributed by atoms with Gasteiger partial charge in [-0.2, -0.15) is 0 Å². The van der Waals surface area contributed by atoms with Crippen molar-refractivity contribution in [2.45, 2.75) is 31.6 Å². The monoisotopic (exact) mass is 300 g/mol. The summed E-state index contributed by atoms with van der Waals surface area (Å²) >= 11 is 0. The topological polar surface area (TPSA) is 92.5 Å². The van der Waals surface area contributed by atoms with Crippen molar-refractivity contribution < 1.29 is 23.6 Å². The highest BCUT2D eigenvalue weighted by Crippen LogP contribution is 2.37. The van der Waals surface area contributed by atoms with Gasteiger partial charge in [0.25, 0.3) is 5.69 Å². The smallest absolute Gasteiger partial charge is 0.273 e. The van der Waals surface area contributed by atoms with E-state index in [1.807, 2.05) is 0 Å². The van der Waals surface area contributed by atoms with Crippen LogP contribution in [0.5, 0.6) is 5.75 Å². The molecular formula is C13H14F2N2O4. The number of alkyl halides is 2. The minimum absolute atomic E-state index is 0.0305. The predicted molar refractivity (Wildman–Crippen MR) is 70.3 cm³/mol. The number of hydrogen-bond donors (Lipinski definition) is 2. The summed E-state index contributed by atoms with van der Waals surface area (Å²) in [6, 6.07) is 3.28. The van der Waals surface area contributed by atoms with Crippen LogP contribution in [0, 0.1) is 16.0 Å². The summed E-state index contributed by atoms with van der Waals surface area (Å²) in [5.41, 5.74) is -0.272. The number of carbonyl (C=O) groups excluding carboxylic acids is 1. The molecule has 0 bridgehead atoms. The summed E-state index contributed by atoms with van der Waals surface area (Å²) in [5.74, 6) is -4.15. The summed E-state index contributed by atoms with van der Waals surface area (Å²) in [7, 11) is 0. The summed E-state index contributed by atoms with van der Waals surface area (Å²) in [5, 5.41) is 22.6. The van der Waals surface area contributed by atoms with Crippen molar-refractivity contribution in [1.29, 1.82) is 0 Å². The number of aromatic hydroxyl groups is 1. The Labute approximate surface area is 118 Å². The van der Waals surface area contributed by atoms with Gasteiger partial charge in [0.2, 0.25) is 11.8 Å². The molecule has 1 fully saturated rings. The number of nitro groups is 1. The number of nitrogens with zero attached hydrogens (tertiary/aromatic N) is 1. The molecule has 0 saturated heterocycles. The Kier molecular flexibility index (Phi) is 4.06. The number of nitro benzene ring substituents is 1. The summed E-state index contributed by atoms with van der Waals surface area (Å²) in [4.78, 5) is 21.8. The van der Waals surface area contributed by atoms with E-state index in [4.69, 9.17) is 0 Å². The number of rotatable bonds is 3. The van der Waals surface area contributed by atoms with Crippen molar-refractivity contribution in [1.82, 2.24) is 0 Å². The van der Waals surface area contributed by atoms with Crippen LogP contribution in [0.3, 0.4) is 0 Å². The van der Waals surface area contributed by atoms with Crippen LogP contribution in [0.15, 0.2) is 18.2 Å². The maximum absolute atomic E-state index is 13.0. The third kappa shape index (κ3) is 3.65. The zero-order valence-corrected chi connectivity index (χ0v) is 11.0. The fourth-order valence-electron chi connectivity index (χ4n) is 2.28. The minimum atomic E-state index is -2.72. The van der Waals surface area contributed by atoms with Crippen molar-refractivity contribution in [3.05, 3.63) is 28.3 Å². The Bertz CT molecular complexity index is 567. The first-order valence-corrected chi connectivity index (χ1v) is 6.44. The zero-order chi connectivity index (χ0) is 15.6. The maximum atomic E-state index is 13.0. The van der Waals surface area contributed by atoms with E-state index in [-0.39, 0.29) is 37.1 Å². The van der Waals surface area contributed by atoms with Crippen LogP contribution in [0.2, 0.25) is 0 Å². The molecule has 2 rings (SSSR count). The van der Waals surface area contributed by atoms with Gasteiger partial charge in [0, 0.05) is 24.8 Å². The van der Waals surface area contributed by atoms with Crippen LogP contribution in [-0.4, -0.2) is 21.9 Å². The van der Waals surface area contributed by atoms with Gasteiger partial charge in [-0.05, 0) is 18.9 Å². The summed E-state index contributed by atoms with van der Waals surface area (Å²) < 4.78 is 26.0. The number of anilines is 1. The second-order valence-corrected chi connectivity index (χ2v) is 5.08. The van der Waals surface area contributed by atoms with Gasteiger partial charge in [-0.25, -0.2) is 8.78 Å². The van der Waals surface area contributed by atoms with Gasteiger partial charge in [-0.3, -0.25) is 14.9 Å². The highest BCUT2D eigenvalue weighted by molar-refractivity contribution is 5.94. The quantitative estimate of drug-likeness (QED) is 0.509. The Balaban J connectivity index is 2.02. The Morgan fingerprint density at radius 1 is 1.38 bits per heavy atom. The number of nitrogens with one attached hydrogen (secondary N) is 1. The largest absolute Gasteiger partial charge is 0.506 e. The lowest BCUT2D eigenvalue weighted by Gasteiger charge is -2.27. The molecular weight excluding hydrogens is 286 g/mol. The van der Waals surface area contributed by atoms with E-state index in [9.17, 15) is 28.8 Å². The van der Waals surface area contributed by atoms with Gasteiger partial charge in [0.05, 0.1) is 16.7 Å². The molecule has 8 heteroatoms. The lowest BCUT2D eigenvalue weighted by atomic mass is 9.86. The molecule has 0 aliphatic heterocycles. The molecule has 1 aromatic carbocycles. The molecule has 0 atom stereocenters. The van der Waals surface area contributed by atoms with Gasteiger partial charge in [-0.1, -0.05) is 0 Å². The van der Waals surface area contributed by atoms with Crippen LogP contribution in [0.1, 0.15) is 25.7 Å². The normalized spacial score (nSPS) is 18.2. The Hall–Kier alpha value is -2.25. The molecule has 1 aliphatic rings. The number of amides is 1. The van der Waals surface area contributed by atoms with E-state index >= 15 is 0 Å². The van der Waals surface area contributed by atoms with Gasteiger partial charge in [0.1, 0.15) is 5.75 Å². The van der Waals surface area contributed by atoms with Crippen LogP contribution >= 0.6 is 0 Å². The second kappa shape index (κ2) is 5.63. The van der Waals surface area contributed by atoms with Crippen LogP contribution in [0.4, 0.5) is 20.2 Å².